The normalized spacial score (nSPS) is 21.5. The van der Waals surface area contributed by atoms with E-state index in [2.05, 4.69) is 15.0 Å². The summed E-state index contributed by atoms with van der Waals surface area (Å²) >= 11 is 0. The van der Waals surface area contributed by atoms with Gasteiger partial charge in [0.15, 0.2) is 0 Å². The fourth-order valence-electron chi connectivity index (χ4n) is 3.81. The summed E-state index contributed by atoms with van der Waals surface area (Å²) in [5, 5.41) is 17.9. The SMILES string of the molecule is O=S(=O)(N[C@H]1CC[C@H](CCn2cc(-c3cccc(F)c3)nn2)O[C@@H]1CO)c1ccccc1. The van der Waals surface area contributed by atoms with Crippen molar-refractivity contribution in [2.24, 2.45) is 0 Å². The Kier molecular flexibility index (Phi) is 6.95. The third kappa shape index (κ3) is 5.39. The zero-order chi connectivity index (χ0) is 22.6. The van der Waals surface area contributed by atoms with Crippen LogP contribution in [0.15, 0.2) is 65.7 Å². The number of aliphatic hydroxyl groups is 1. The quantitative estimate of drug-likeness (QED) is 0.535. The smallest absolute Gasteiger partial charge is 0.240 e. The summed E-state index contributed by atoms with van der Waals surface area (Å²) in [7, 11) is -3.69. The second-order valence-corrected chi connectivity index (χ2v) is 9.48. The predicted molar refractivity (Wildman–Crippen MR) is 116 cm³/mol. The van der Waals surface area contributed by atoms with Gasteiger partial charge in [0, 0.05) is 12.1 Å². The fourth-order valence-corrected chi connectivity index (χ4v) is 5.13. The first kappa shape index (κ1) is 22.5. The van der Waals surface area contributed by atoms with Crippen LogP contribution in [-0.2, 0) is 21.3 Å². The van der Waals surface area contributed by atoms with Gasteiger partial charge in [-0.1, -0.05) is 35.5 Å². The van der Waals surface area contributed by atoms with Crippen LogP contribution in [-0.4, -0.2) is 53.4 Å². The third-order valence-electron chi connectivity index (χ3n) is 5.49. The Morgan fingerprint density at radius 1 is 1.16 bits per heavy atom. The van der Waals surface area contributed by atoms with Gasteiger partial charge in [-0.15, -0.1) is 5.10 Å². The number of rotatable bonds is 8. The molecule has 0 spiro atoms. The molecule has 2 heterocycles. The van der Waals surface area contributed by atoms with Gasteiger partial charge in [-0.25, -0.2) is 17.5 Å². The van der Waals surface area contributed by atoms with E-state index in [-0.39, 0.29) is 23.4 Å². The largest absolute Gasteiger partial charge is 0.394 e. The van der Waals surface area contributed by atoms with Gasteiger partial charge in [0.25, 0.3) is 0 Å². The van der Waals surface area contributed by atoms with E-state index >= 15 is 0 Å². The molecule has 2 aromatic carbocycles. The van der Waals surface area contributed by atoms with Crippen LogP contribution in [0.1, 0.15) is 19.3 Å². The third-order valence-corrected chi connectivity index (χ3v) is 7.00. The number of benzene rings is 2. The van der Waals surface area contributed by atoms with Crippen molar-refractivity contribution < 1.29 is 22.7 Å². The highest BCUT2D eigenvalue weighted by Gasteiger charge is 2.33. The monoisotopic (exact) mass is 460 g/mol. The van der Waals surface area contributed by atoms with Crippen LogP contribution >= 0.6 is 0 Å². The number of nitrogens with zero attached hydrogens (tertiary/aromatic N) is 3. The highest BCUT2D eigenvalue weighted by atomic mass is 32.2. The zero-order valence-corrected chi connectivity index (χ0v) is 18.2. The van der Waals surface area contributed by atoms with E-state index in [0.29, 0.717) is 37.1 Å². The molecule has 2 N–H and O–H groups in total. The number of aromatic nitrogens is 3. The number of ether oxygens (including phenoxy) is 1. The van der Waals surface area contributed by atoms with E-state index in [4.69, 9.17) is 4.74 Å². The standard InChI is InChI=1S/C22H25FN4O4S/c23-17-6-4-5-16(13-17)21-14-27(26-24-21)12-11-18-9-10-20(22(15-28)31-18)25-32(29,30)19-7-2-1-3-8-19/h1-8,13-14,18,20,22,25,28H,9-12,15H2/t18-,20+,22-/m1/s1. The number of sulfonamides is 1. The number of aliphatic hydroxyl groups excluding tert-OH is 1. The number of hydrogen-bond acceptors (Lipinski definition) is 6. The molecule has 1 aliphatic rings. The fraction of sp³-hybridized carbons (Fsp3) is 0.364. The van der Waals surface area contributed by atoms with Crippen molar-refractivity contribution in [3.05, 3.63) is 66.6 Å². The van der Waals surface area contributed by atoms with Gasteiger partial charge in [0.2, 0.25) is 10.0 Å². The van der Waals surface area contributed by atoms with Gasteiger partial charge in [-0.2, -0.15) is 0 Å². The molecule has 10 heteroatoms. The van der Waals surface area contributed by atoms with Crippen molar-refractivity contribution in [1.82, 2.24) is 19.7 Å². The summed E-state index contributed by atoms with van der Waals surface area (Å²) in [4.78, 5) is 0.180. The highest BCUT2D eigenvalue weighted by molar-refractivity contribution is 7.89. The Morgan fingerprint density at radius 3 is 2.72 bits per heavy atom. The molecule has 0 amide bonds. The minimum atomic E-state index is -3.69. The molecule has 1 fully saturated rings. The summed E-state index contributed by atoms with van der Waals surface area (Å²) < 4.78 is 48.9. The summed E-state index contributed by atoms with van der Waals surface area (Å²) in [6.07, 6.45) is 2.79. The Balaban J connectivity index is 1.33. The minimum Gasteiger partial charge on any atom is -0.394 e. The maximum atomic E-state index is 13.4. The van der Waals surface area contributed by atoms with Gasteiger partial charge < -0.3 is 9.84 Å². The second-order valence-electron chi connectivity index (χ2n) is 7.76. The van der Waals surface area contributed by atoms with Crippen LogP contribution in [0.5, 0.6) is 0 Å². The van der Waals surface area contributed by atoms with E-state index in [0.717, 1.165) is 0 Å². The Labute approximate surface area is 186 Å². The Hall–Kier alpha value is -2.66. The van der Waals surface area contributed by atoms with Crippen molar-refractivity contribution in [3.63, 3.8) is 0 Å². The molecule has 0 bridgehead atoms. The van der Waals surface area contributed by atoms with Crippen molar-refractivity contribution in [2.75, 3.05) is 6.61 Å². The number of halogens is 1. The molecule has 1 aliphatic heterocycles. The van der Waals surface area contributed by atoms with Crippen LogP contribution in [0.2, 0.25) is 0 Å². The molecule has 0 saturated carbocycles. The van der Waals surface area contributed by atoms with Crippen molar-refractivity contribution in [1.29, 1.82) is 0 Å². The van der Waals surface area contributed by atoms with Crippen LogP contribution in [0.3, 0.4) is 0 Å². The van der Waals surface area contributed by atoms with Gasteiger partial charge in [-0.05, 0) is 43.5 Å². The molecule has 170 valence electrons. The molecule has 0 unspecified atom stereocenters. The van der Waals surface area contributed by atoms with Crippen LogP contribution in [0.25, 0.3) is 11.3 Å². The van der Waals surface area contributed by atoms with E-state index in [9.17, 15) is 17.9 Å². The van der Waals surface area contributed by atoms with Crippen LogP contribution in [0.4, 0.5) is 4.39 Å². The lowest BCUT2D eigenvalue weighted by molar-refractivity contribution is -0.0891. The molecule has 3 aromatic rings. The van der Waals surface area contributed by atoms with Crippen LogP contribution < -0.4 is 4.72 Å². The molecule has 1 saturated heterocycles. The molecule has 0 aliphatic carbocycles. The second kappa shape index (κ2) is 9.86. The maximum Gasteiger partial charge on any atom is 0.240 e. The van der Waals surface area contributed by atoms with Gasteiger partial charge >= 0.3 is 0 Å². The molecular formula is C22H25FN4O4S. The molecule has 4 rings (SSSR count). The Morgan fingerprint density at radius 2 is 1.97 bits per heavy atom. The number of hydrogen-bond donors (Lipinski definition) is 2. The first-order valence-corrected chi connectivity index (χ1v) is 11.9. The molecule has 32 heavy (non-hydrogen) atoms. The molecule has 3 atom stereocenters. The maximum absolute atomic E-state index is 13.4. The predicted octanol–water partition coefficient (Wildman–Crippen LogP) is 2.36. The molecular weight excluding hydrogens is 435 g/mol. The van der Waals surface area contributed by atoms with Gasteiger partial charge in [0.05, 0.1) is 35.9 Å². The molecule has 0 radical (unpaired) electrons. The van der Waals surface area contributed by atoms with Gasteiger partial charge in [-0.3, -0.25) is 4.68 Å². The lowest BCUT2D eigenvalue weighted by Crippen LogP contribution is -2.50. The Bertz CT molecular complexity index is 1140. The average molecular weight is 461 g/mol. The number of nitrogens with one attached hydrogen (secondary N) is 1. The van der Waals surface area contributed by atoms with Crippen molar-refractivity contribution >= 4 is 10.0 Å². The summed E-state index contributed by atoms with van der Waals surface area (Å²) in [5.41, 5.74) is 1.23. The topological polar surface area (TPSA) is 106 Å². The molecule has 1 aromatic heterocycles. The zero-order valence-electron chi connectivity index (χ0n) is 17.3. The van der Waals surface area contributed by atoms with Crippen molar-refractivity contribution in [2.45, 2.75) is 49.0 Å². The summed E-state index contributed by atoms with van der Waals surface area (Å²) in [6, 6.07) is 13.8. The summed E-state index contributed by atoms with van der Waals surface area (Å²) in [6.45, 7) is 0.247. The van der Waals surface area contributed by atoms with Gasteiger partial charge in [0.1, 0.15) is 11.5 Å². The van der Waals surface area contributed by atoms with E-state index in [1.165, 1.54) is 24.3 Å². The highest BCUT2D eigenvalue weighted by Crippen LogP contribution is 2.24. The lowest BCUT2D eigenvalue weighted by atomic mass is 9.98. The minimum absolute atomic E-state index is 0.147. The lowest BCUT2D eigenvalue weighted by Gasteiger charge is -2.36. The van der Waals surface area contributed by atoms with E-state index in [1.54, 1.807) is 41.2 Å². The average Bonchev–Trinajstić information content (AvgIpc) is 3.28. The molecule has 8 nitrogen and oxygen atoms in total. The number of aryl methyl sites for hydroxylation is 1. The van der Waals surface area contributed by atoms with Crippen LogP contribution in [0, 0.1) is 5.82 Å². The van der Waals surface area contributed by atoms with E-state index < -0.39 is 22.2 Å². The van der Waals surface area contributed by atoms with E-state index in [1.807, 2.05) is 0 Å². The first-order chi connectivity index (χ1) is 15.4. The first-order valence-electron chi connectivity index (χ1n) is 10.4. The van der Waals surface area contributed by atoms with Crippen molar-refractivity contribution in [3.8, 4) is 11.3 Å². The summed E-state index contributed by atoms with van der Waals surface area (Å²) in [5.74, 6) is -0.333.